The van der Waals surface area contributed by atoms with Crippen LogP contribution in [0.15, 0.2) is 0 Å². The predicted molar refractivity (Wildman–Crippen MR) is 81.3 cm³/mol. The highest BCUT2D eigenvalue weighted by molar-refractivity contribution is 5.06. The topological polar surface area (TPSA) is 45.0 Å². The molecule has 1 N–H and O–H groups in total. The zero-order valence-electron chi connectivity index (χ0n) is 13.3. The van der Waals surface area contributed by atoms with Gasteiger partial charge >= 0.3 is 0 Å². The molecule has 2 fully saturated rings. The first kappa shape index (κ1) is 15.8. The maximum atomic E-state index is 9.32. The molecule has 0 aromatic rings. The van der Waals surface area contributed by atoms with Crippen molar-refractivity contribution in [3.8, 4) is 6.07 Å². The molecule has 2 aliphatic carbocycles. The first-order valence-electron chi connectivity index (χ1n) is 8.33. The van der Waals surface area contributed by atoms with Crippen LogP contribution in [0.4, 0.5) is 0 Å². The Balaban J connectivity index is 1.62. The van der Waals surface area contributed by atoms with Gasteiger partial charge in [0.05, 0.1) is 12.2 Å². The zero-order chi connectivity index (χ0) is 14.6. The fourth-order valence-electron chi connectivity index (χ4n) is 3.16. The molecule has 2 rings (SSSR count). The van der Waals surface area contributed by atoms with E-state index >= 15 is 0 Å². The van der Waals surface area contributed by atoms with Gasteiger partial charge < -0.3 is 4.74 Å². The minimum Gasteiger partial charge on any atom is -0.378 e. The number of nitrogens with zero attached hydrogens (tertiary/aromatic N) is 1. The number of hydrogen-bond acceptors (Lipinski definition) is 3. The SMILES string of the molecule is CC1CCC(OCCCC(C)(C#N)NC2CC2)CC1C. The summed E-state index contributed by atoms with van der Waals surface area (Å²) in [6, 6.07) is 3.02. The first-order valence-corrected chi connectivity index (χ1v) is 8.33. The van der Waals surface area contributed by atoms with Gasteiger partial charge in [0.2, 0.25) is 0 Å². The van der Waals surface area contributed by atoms with Gasteiger partial charge in [-0.05, 0) is 63.7 Å². The van der Waals surface area contributed by atoms with Crippen LogP contribution in [0.25, 0.3) is 0 Å². The van der Waals surface area contributed by atoms with Crippen LogP contribution in [0.3, 0.4) is 0 Å². The van der Waals surface area contributed by atoms with E-state index in [1.807, 2.05) is 6.92 Å². The van der Waals surface area contributed by atoms with Crippen LogP contribution in [0.5, 0.6) is 0 Å². The average molecular weight is 278 g/mol. The molecule has 3 nitrogen and oxygen atoms in total. The van der Waals surface area contributed by atoms with E-state index in [-0.39, 0.29) is 5.54 Å². The molecule has 0 heterocycles. The van der Waals surface area contributed by atoms with Crippen molar-refractivity contribution in [1.82, 2.24) is 5.32 Å². The number of hydrogen-bond donors (Lipinski definition) is 1. The lowest BCUT2D eigenvalue weighted by Gasteiger charge is -2.32. The summed E-state index contributed by atoms with van der Waals surface area (Å²) in [6.07, 6.45) is 8.48. The highest BCUT2D eigenvalue weighted by Gasteiger charge is 2.32. The minimum atomic E-state index is -0.362. The van der Waals surface area contributed by atoms with Crippen molar-refractivity contribution in [2.75, 3.05) is 6.61 Å². The minimum absolute atomic E-state index is 0.362. The van der Waals surface area contributed by atoms with Crippen LogP contribution in [-0.2, 0) is 4.74 Å². The van der Waals surface area contributed by atoms with Gasteiger partial charge in [-0.3, -0.25) is 5.32 Å². The zero-order valence-corrected chi connectivity index (χ0v) is 13.3. The van der Waals surface area contributed by atoms with E-state index in [0.717, 1.165) is 31.3 Å². The van der Waals surface area contributed by atoms with Gasteiger partial charge in [0.15, 0.2) is 0 Å². The Labute approximate surface area is 124 Å². The monoisotopic (exact) mass is 278 g/mol. The van der Waals surface area contributed by atoms with E-state index in [2.05, 4.69) is 25.2 Å². The lowest BCUT2D eigenvalue weighted by Crippen LogP contribution is -2.42. The molecule has 0 spiro atoms. The normalized spacial score (nSPS) is 33.4. The van der Waals surface area contributed by atoms with Crippen LogP contribution in [-0.4, -0.2) is 24.3 Å². The Hall–Kier alpha value is -0.590. The Morgan fingerprint density at radius 3 is 2.55 bits per heavy atom. The van der Waals surface area contributed by atoms with Crippen LogP contribution in [0.2, 0.25) is 0 Å². The molecule has 2 aliphatic rings. The lowest BCUT2D eigenvalue weighted by molar-refractivity contribution is -0.000111. The molecule has 3 heteroatoms. The molecule has 114 valence electrons. The third-order valence-corrected chi connectivity index (χ3v) is 5.07. The van der Waals surface area contributed by atoms with Crippen molar-refractivity contribution < 1.29 is 4.74 Å². The molecule has 20 heavy (non-hydrogen) atoms. The van der Waals surface area contributed by atoms with Gasteiger partial charge in [0, 0.05) is 12.6 Å². The lowest BCUT2D eigenvalue weighted by atomic mass is 9.80. The average Bonchev–Trinajstić information content (AvgIpc) is 3.22. The molecule has 4 atom stereocenters. The largest absolute Gasteiger partial charge is 0.378 e. The van der Waals surface area contributed by atoms with E-state index in [4.69, 9.17) is 4.74 Å². The second-order valence-electron chi connectivity index (χ2n) is 7.23. The molecule has 0 aromatic heterocycles. The summed E-state index contributed by atoms with van der Waals surface area (Å²) in [5, 5.41) is 12.8. The van der Waals surface area contributed by atoms with Gasteiger partial charge in [-0.1, -0.05) is 13.8 Å². The molecule has 4 unspecified atom stereocenters. The summed E-state index contributed by atoms with van der Waals surface area (Å²) in [5.41, 5.74) is -0.362. The number of ether oxygens (including phenoxy) is 1. The maximum Gasteiger partial charge on any atom is 0.104 e. The second kappa shape index (κ2) is 6.91. The first-order chi connectivity index (χ1) is 9.52. The van der Waals surface area contributed by atoms with Crippen molar-refractivity contribution >= 4 is 0 Å². The predicted octanol–water partition coefficient (Wildman–Crippen LogP) is 3.64. The van der Waals surface area contributed by atoms with Crippen LogP contribution >= 0.6 is 0 Å². The van der Waals surface area contributed by atoms with Gasteiger partial charge in [0.1, 0.15) is 5.54 Å². The van der Waals surface area contributed by atoms with Crippen molar-refractivity contribution in [3.63, 3.8) is 0 Å². The van der Waals surface area contributed by atoms with Gasteiger partial charge in [-0.15, -0.1) is 0 Å². The maximum absolute atomic E-state index is 9.32. The highest BCUT2D eigenvalue weighted by atomic mass is 16.5. The van der Waals surface area contributed by atoms with Crippen LogP contribution < -0.4 is 5.32 Å². The molecule has 0 aliphatic heterocycles. The fourth-order valence-corrected chi connectivity index (χ4v) is 3.16. The van der Waals surface area contributed by atoms with Crippen molar-refractivity contribution in [2.45, 2.75) is 83.4 Å². The second-order valence-corrected chi connectivity index (χ2v) is 7.23. The number of nitrogens with one attached hydrogen (secondary N) is 1. The van der Waals surface area contributed by atoms with Crippen LogP contribution in [0, 0.1) is 23.2 Å². The third kappa shape index (κ3) is 4.75. The molecule has 0 radical (unpaired) electrons. The Morgan fingerprint density at radius 1 is 1.20 bits per heavy atom. The Morgan fingerprint density at radius 2 is 1.95 bits per heavy atom. The molecular weight excluding hydrogens is 248 g/mol. The van der Waals surface area contributed by atoms with Crippen molar-refractivity contribution in [1.29, 1.82) is 5.26 Å². The fraction of sp³-hybridized carbons (Fsp3) is 0.941. The quantitative estimate of drug-likeness (QED) is 0.723. The molecule has 0 bridgehead atoms. The van der Waals surface area contributed by atoms with E-state index in [1.54, 1.807) is 0 Å². The van der Waals surface area contributed by atoms with E-state index < -0.39 is 0 Å². The van der Waals surface area contributed by atoms with Crippen molar-refractivity contribution in [3.05, 3.63) is 0 Å². The number of nitriles is 1. The van der Waals surface area contributed by atoms with E-state index in [9.17, 15) is 5.26 Å². The molecule has 0 amide bonds. The third-order valence-electron chi connectivity index (χ3n) is 5.07. The number of rotatable bonds is 7. The van der Waals surface area contributed by atoms with E-state index in [0.29, 0.717) is 12.1 Å². The molecule has 2 saturated carbocycles. The summed E-state index contributed by atoms with van der Waals surface area (Å²) in [6.45, 7) is 7.51. The summed E-state index contributed by atoms with van der Waals surface area (Å²) in [5.74, 6) is 1.63. The molecule has 0 saturated heterocycles. The van der Waals surface area contributed by atoms with Gasteiger partial charge in [-0.2, -0.15) is 5.26 Å². The van der Waals surface area contributed by atoms with Crippen LogP contribution in [0.1, 0.15) is 65.7 Å². The Kier molecular flexibility index (Phi) is 5.46. The van der Waals surface area contributed by atoms with E-state index in [1.165, 1.54) is 32.1 Å². The summed E-state index contributed by atoms with van der Waals surface area (Å²) >= 11 is 0. The smallest absolute Gasteiger partial charge is 0.104 e. The van der Waals surface area contributed by atoms with Crippen molar-refractivity contribution in [2.24, 2.45) is 11.8 Å². The highest BCUT2D eigenvalue weighted by Crippen LogP contribution is 2.31. The van der Waals surface area contributed by atoms with Gasteiger partial charge in [-0.25, -0.2) is 0 Å². The summed E-state index contributed by atoms with van der Waals surface area (Å²) < 4.78 is 6.03. The van der Waals surface area contributed by atoms with Gasteiger partial charge in [0.25, 0.3) is 0 Å². The molecular formula is C17H30N2O. The summed E-state index contributed by atoms with van der Waals surface area (Å²) in [7, 11) is 0. The summed E-state index contributed by atoms with van der Waals surface area (Å²) in [4.78, 5) is 0. The molecule has 0 aromatic carbocycles. The Bertz CT molecular complexity index is 347. The standard InChI is InChI=1S/C17H30N2O/c1-13-5-8-16(11-14(13)2)20-10-4-9-17(3,12-18)19-15-6-7-15/h13-16,19H,4-11H2,1-3H3.